The van der Waals surface area contributed by atoms with Crippen LogP contribution in [0.3, 0.4) is 0 Å². The molecule has 2 aromatic rings. The van der Waals surface area contributed by atoms with Gasteiger partial charge in [-0.05, 0) is 36.4 Å². The van der Waals surface area contributed by atoms with E-state index in [0.29, 0.717) is 12.5 Å². The minimum absolute atomic E-state index is 0.0569. The number of anilines is 1. The summed E-state index contributed by atoms with van der Waals surface area (Å²) in [5.74, 6) is 1.53. The molecule has 0 fully saturated rings. The summed E-state index contributed by atoms with van der Waals surface area (Å²) in [6.07, 6.45) is -0.0569. The molecule has 1 heterocycles. The van der Waals surface area contributed by atoms with E-state index < -0.39 is 0 Å². The van der Waals surface area contributed by atoms with Gasteiger partial charge in [0, 0.05) is 11.3 Å². The quantitative estimate of drug-likeness (QED) is 0.927. The van der Waals surface area contributed by atoms with Crippen molar-refractivity contribution in [1.29, 1.82) is 0 Å². The third kappa shape index (κ3) is 2.74. The fraction of sp³-hybridized carbons (Fsp3) is 0.188. The molecule has 0 saturated carbocycles. The van der Waals surface area contributed by atoms with Crippen LogP contribution < -0.4 is 10.1 Å². The van der Waals surface area contributed by atoms with Crippen molar-refractivity contribution in [2.45, 2.75) is 6.17 Å². The molecule has 0 saturated heterocycles. The van der Waals surface area contributed by atoms with Gasteiger partial charge in [-0.1, -0.05) is 18.2 Å². The lowest BCUT2D eigenvalue weighted by Crippen LogP contribution is -2.17. The highest BCUT2D eigenvalue weighted by atomic mass is 16.5. The largest absolute Gasteiger partial charge is 0.497 e. The zero-order chi connectivity index (χ0) is 13.8. The number of hydrogen-bond donors (Lipinski definition) is 1. The molecule has 20 heavy (non-hydrogen) atoms. The smallest absolute Gasteiger partial charge is 0.218 e. The maximum atomic E-state index is 5.63. The number of benzene rings is 2. The van der Waals surface area contributed by atoms with Crippen molar-refractivity contribution in [3.8, 4) is 5.75 Å². The first kappa shape index (κ1) is 12.5. The van der Waals surface area contributed by atoms with E-state index >= 15 is 0 Å². The van der Waals surface area contributed by atoms with E-state index in [0.717, 1.165) is 17.0 Å². The van der Waals surface area contributed by atoms with Crippen molar-refractivity contribution in [2.75, 3.05) is 19.0 Å². The molecule has 1 atom stereocenters. The topological polar surface area (TPSA) is 42.8 Å². The molecular weight excluding hydrogens is 252 g/mol. The van der Waals surface area contributed by atoms with Gasteiger partial charge >= 0.3 is 0 Å². The first-order valence-corrected chi connectivity index (χ1v) is 6.52. The molecule has 102 valence electrons. The normalized spacial score (nSPS) is 17.2. The predicted octanol–water partition coefficient (Wildman–Crippen LogP) is 2.91. The fourth-order valence-corrected chi connectivity index (χ4v) is 2.07. The molecular formula is C16H16N2O2. The molecule has 0 aliphatic carbocycles. The Labute approximate surface area is 118 Å². The van der Waals surface area contributed by atoms with Crippen molar-refractivity contribution in [3.63, 3.8) is 0 Å². The maximum absolute atomic E-state index is 5.63. The molecule has 4 heteroatoms. The number of methoxy groups -OCH3 is 1. The maximum Gasteiger partial charge on any atom is 0.218 e. The number of rotatable bonds is 4. The number of nitrogens with zero attached hydrogens (tertiary/aromatic N) is 1. The van der Waals surface area contributed by atoms with Crippen LogP contribution in [0, 0.1) is 0 Å². The highest BCUT2D eigenvalue weighted by Crippen LogP contribution is 2.18. The van der Waals surface area contributed by atoms with Crippen molar-refractivity contribution in [2.24, 2.45) is 4.99 Å². The van der Waals surface area contributed by atoms with Gasteiger partial charge in [0.1, 0.15) is 12.4 Å². The van der Waals surface area contributed by atoms with E-state index in [-0.39, 0.29) is 6.17 Å². The van der Waals surface area contributed by atoms with Gasteiger partial charge in [0.05, 0.1) is 7.11 Å². The van der Waals surface area contributed by atoms with Crippen molar-refractivity contribution < 1.29 is 9.47 Å². The van der Waals surface area contributed by atoms with Gasteiger partial charge in [0.25, 0.3) is 0 Å². The molecule has 1 aliphatic heterocycles. The molecule has 0 radical (unpaired) electrons. The summed E-state index contributed by atoms with van der Waals surface area (Å²) < 4.78 is 10.8. The minimum Gasteiger partial charge on any atom is -0.497 e. The Bertz CT molecular complexity index is 594. The Hall–Kier alpha value is -2.49. The van der Waals surface area contributed by atoms with Gasteiger partial charge < -0.3 is 14.8 Å². The van der Waals surface area contributed by atoms with Crippen LogP contribution >= 0.6 is 0 Å². The van der Waals surface area contributed by atoms with E-state index in [1.165, 1.54) is 0 Å². The Balaban J connectivity index is 1.68. The number of aliphatic imine (C=N–C) groups is 1. The van der Waals surface area contributed by atoms with Gasteiger partial charge in [-0.2, -0.15) is 0 Å². The van der Waals surface area contributed by atoms with E-state index in [2.05, 4.69) is 10.3 Å². The molecule has 0 bridgehead atoms. The predicted molar refractivity (Wildman–Crippen MR) is 79.3 cm³/mol. The highest BCUT2D eigenvalue weighted by molar-refractivity contribution is 5.95. The first-order valence-electron chi connectivity index (χ1n) is 6.52. The lowest BCUT2D eigenvalue weighted by Gasteiger charge is -2.10. The van der Waals surface area contributed by atoms with Gasteiger partial charge in [-0.15, -0.1) is 0 Å². The van der Waals surface area contributed by atoms with Crippen molar-refractivity contribution in [1.82, 2.24) is 0 Å². The SMILES string of the molecule is COc1ccc(NC2COC(c3ccccc3)=N2)cc1. The van der Waals surface area contributed by atoms with Crippen LogP contribution in [0.5, 0.6) is 5.75 Å². The summed E-state index contributed by atoms with van der Waals surface area (Å²) >= 11 is 0. The zero-order valence-electron chi connectivity index (χ0n) is 11.2. The van der Waals surface area contributed by atoms with Gasteiger partial charge in [-0.25, -0.2) is 4.99 Å². The van der Waals surface area contributed by atoms with E-state index in [4.69, 9.17) is 9.47 Å². The van der Waals surface area contributed by atoms with Gasteiger partial charge in [0.15, 0.2) is 6.17 Å². The molecule has 4 nitrogen and oxygen atoms in total. The lowest BCUT2D eigenvalue weighted by molar-refractivity contribution is 0.326. The van der Waals surface area contributed by atoms with Crippen molar-refractivity contribution >= 4 is 11.6 Å². The van der Waals surface area contributed by atoms with Crippen LogP contribution in [0.2, 0.25) is 0 Å². The third-order valence-corrected chi connectivity index (χ3v) is 3.10. The van der Waals surface area contributed by atoms with Crippen LogP contribution in [-0.2, 0) is 4.74 Å². The molecule has 0 spiro atoms. The summed E-state index contributed by atoms with van der Waals surface area (Å²) in [7, 11) is 1.66. The second-order valence-electron chi connectivity index (χ2n) is 4.50. The van der Waals surface area contributed by atoms with Crippen LogP contribution in [0.15, 0.2) is 59.6 Å². The highest BCUT2D eigenvalue weighted by Gasteiger charge is 2.19. The fourth-order valence-electron chi connectivity index (χ4n) is 2.07. The Kier molecular flexibility index (Phi) is 3.54. The molecule has 0 aromatic heterocycles. The summed E-state index contributed by atoms with van der Waals surface area (Å²) in [6, 6.07) is 17.7. The summed E-state index contributed by atoms with van der Waals surface area (Å²) in [5.41, 5.74) is 2.00. The second kappa shape index (κ2) is 5.65. The van der Waals surface area contributed by atoms with Gasteiger partial charge in [0.2, 0.25) is 5.90 Å². The van der Waals surface area contributed by atoms with E-state index in [1.807, 2.05) is 54.6 Å². The Morgan fingerprint density at radius 2 is 1.85 bits per heavy atom. The molecule has 1 unspecified atom stereocenters. The first-order chi connectivity index (χ1) is 9.85. The molecule has 0 amide bonds. The molecule has 3 rings (SSSR count). The zero-order valence-corrected chi connectivity index (χ0v) is 11.2. The van der Waals surface area contributed by atoms with Crippen LogP contribution in [-0.4, -0.2) is 25.8 Å². The summed E-state index contributed by atoms with van der Waals surface area (Å²) in [4.78, 5) is 4.55. The standard InChI is InChI=1S/C16H16N2O2/c1-19-14-9-7-13(8-10-14)17-15-11-20-16(18-15)12-5-3-2-4-6-12/h2-10,15,17H,11H2,1H3. The van der Waals surface area contributed by atoms with Crippen molar-refractivity contribution in [3.05, 3.63) is 60.2 Å². The van der Waals surface area contributed by atoms with Crippen LogP contribution in [0.1, 0.15) is 5.56 Å². The van der Waals surface area contributed by atoms with Crippen LogP contribution in [0.4, 0.5) is 5.69 Å². The second-order valence-corrected chi connectivity index (χ2v) is 4.50. The Morgan fingerprint density at radius 3 is 2.55 bits per heavy atom. The minimum atomic E-state index is -0.0569. The van der Waals surface area contributed by atoms with Gasteiger partial charge in [-0.3, -0.25) is 0 Å². The van der Waals surface area contributed by atoms with E-state index in [1.54, 1.807) is 7.11 Å². The van der Waals surface area contributed by atoms with Crippen LogP contribution in [0.25, 0.3) is 0 Å². The Morgan fingerprint density at radius 1 is 1.10 bits per heavy atom. The third-order valence-electron chi connectivity index (χ3n) is 3.10. The molecule has 2 aromatic carbocycles. The summed E-state index contributed by atoms with van der Waals surface area (Å²) in [6.45, 7) is 0.538. The molecule has 1 N–H and O–H groups in total. The monoisotopic (exact) mass is 268 g/mol. The average molecular weight is 268 g/mol. The summed E-state index contributed by atoms with van der Waals surface area (Å²) in [5, 5.41) is 3.32. The van der Waals surface area contributed by atoms with E-state index in [9.17, 15) is 0 Å². The molecule has 1 aliphatic rings. The number of ether oxygens (including phenoxy) is 2. The lowest BCUT2D eigenvalue weighted by atomic mass is 10.2. The average Bonchev–Trinajstić information content (AvgIpc) is 2.97. The number of nitrogens with one attached hydrogen (secondary N) is 1. The number of hydrogen-bond acceptors (Lipinski definition) is 4.